The summed E-state index contributed by atoms with van der Waals surface area (Å²) in [6.07, 6.45) is 8.10. The van der Waals surface area contributed by atoms with Crippen molar-refractivity contribution in [3.63, 3.8) is 0 Å². The molecule has 0 unspecified atom stereocenters. The Morgan fingerprint density at radius 1 is 1.12 bits per heavy atom. The van der Waals surface area contributed by atoms with Gasteiger partial charge >= 0.3 is 0 Å². The first-order chi connectivity index (χ1) is 11.8. The smallest absolute Gasteiger partial charge is 0.142 e. The molecule has 8 nitrogen and oxygen atoms in total. The number of aliphatic hydroxyl groups is 1. The minimum Gasteiger partial charge on any atom is -0.391 e. The number of anilines is 1. The van der Waals surface area contributed by atoms with Crippen LogP contribution in [-0.4, -0.2) is 54.0 Å². The van der Waals surface area contributed by atoms with Gasteiger partial charge in [0, 0.05) is 19.3 Å². The quantitative estimate of drug-likeness (QED) is 0.730. The highest BCUT2D eigenvalue weighted by Gasteiger charge is 2.43. The van der Waals surface area contributed by atoms with Gasteiger partial charge in [-0.15, -0.1) is 0 Å². The standard InChI is InChI=1S/C16H19N7O/c24-14-4-11-6-22(16-12-1-2-18-15(12)19-8-20-16)5-10(11)3-13(14)23-9-17-7-21-23/h1-2,7-11,13-14,24H,3-6H2,(H,18,19,20)/t10-,11+,13-,14-/m1/s1. The molecule has 0 spiro atoms. The largest absolute Gasteiger partial charge is 0.391 e. The fourth-order valence-electron chi connectivity index (χ4n) is 4.36. The summed E-state index contributed by atoms with van der Waals surface area (Å²) in [5, 5.41) is 15.8. The van der Waals surface area contributed by atoms with Gasteiger partial charge in [-0.3, -0.25) is 0 Å². The van der Waals surface area contributed by atoms with Crippen LogP contribution in [0, 0.1) is 11.8 Å². The number of fused-ring (bicyclic) bond motifs is 2. The van der Waals surface area contributed by atoms with E-state index in [0.29, 0.717) is 11.8 Å². The van der Waals surface area contributed by atoms with Crippen LogP contribution in [0.2, 0.25) is 0 Å². The van der Waals surface area contributed by atoms with Crippen molar-refractivity contribution in [2.45, 2.75) is 25.0 Å². The number of H-pyrrole nitrogens is 1. The summed E-state index contributed by atoms with van der Waals surface area (Å²) in [6.45, 7) is 1.89. The molecule has 3 aromatic heterocycles. The summed E-state index contributed by atoms with van der Waals surface area (Å²) in [5.41, 5.74) is 0.871. The normalized spacial score (nSPS) is 30.0. The lowest BCUT2D eigenvalue weighted by Crippen LogP contribution is -2.36. The van der Waals surface area contributed by atoms with E-state index in [1.807, 2.05) is 12.3 Å². The maximum Gasteiger partial charge on any atom is 0.142 e. The van der Waals surface area contributed by atoms with Crippen LogP contribution in [0.5, 0.6) is 0 Å². The summed E-state index contributed by atoms with van der Waals surface area (Å²) < 4.78 is 1.80. The molecule has 2 N–H and O–H groups in total. The molecule has 2 fully saturated rings. The number of nitrogens with one attached hydrogen (secondary N) is 1. The van der Waals surface area contributed by atoms with Crippen LogP contribution in [0.4, 0.5) is 5.82 Å². The van der Waals surface area contributed by atoms with Crippen molar-refractivity contribution in [3.05, 3.63) is 31.2 Å². The average molecular weight is 325 g/mol. The number of rotatable bonds is 2. The van der Waals surface area contributed by atoms with Crippen molar-refractivity contribution in [2.24, 2.45) is 11.8 Å². The van der Waals surface area contributed by atoms with Gasteiger partial charge in [0.15, 0.2) is 0 Å². The van der Waals surface area contributed by atoms with Gasteiger partial charge in [0.25, 0.3) is 0 Å². The van der Waals surface area contributed by atoms with E-state index in [0.717, 1.165) is 42.8 Å². The van der Waals surface area contributed by atoms with Crippen molar-refractivity contribution in [1.82, 2.24) is 29.7 Å². The molecule has 4 atom stereocenters. The lowest BCUT2D eigenvalue weighted by Gasteiger charge is -2.34. The van der Waals surface area contributed by atoms with Gasteiger partial charge in [-0.05, 0) is 30.7 Å². The predicted octanol–water partition coefficient (Wildman–Crippen LogP) is 0.998. The molecule has 1 aliphatic carbocycles. The Morgan fingerprint density at radius 2 is 2.00 bits per heavy atom. The molecule has 0 bridgehead atoms. The van der Waals surface area contributed by atoms with Crippen molar-refractivity contribution in [1.29, 1.82) is 0 Å². The molecule has 1 aliphatic heterocycles. The first-order valence-electron chi connectivity index (χ1n) is 8.35. The SMILES string of the molecule is O[C@@H]1C[C@H]2CN(c3ncnc4[nH]ccc34)C[C@H]2C[C@H]1n1cncn1. The van der Waals surface area contributed by atoms with E-state index in [1.165, 1.54) is 6.33 Å². The molecule has 124 valence electrons. The van der Waals surface area contributed by atoms with E-state index >= 15 is 0 Å². The highest BCUT2D eigenvalue weighted by molar-refractivity contribution is 5.87. The molecule has 8 heteroatoms. The van der Waals surface area contributed by atoms with E-state index < -0.39 is 0 Å². The molecule has 1 saturated carbocycles. The van der Waals surface area contributed by atoms with Crippen molar-refractivity contribution in [3.8, 4) is 0 Å². The van der Waals surface area contributed by atoms with Crippen molar-refractivity contribution < 1.29 is 5.11 Å². The molecule has 0 aromatic carbocycles. The summed E-state index contributed by atoms with van der Waals surface area (Å²) in [5.74, 6) is 2.01. The topological polar surface area (TPSA) is 95.8 Å². The molecule has 3 aromatic rings. The number of aromatic nitrogens is 6. The average Bonchev–Trinajstić information content (AvgIpc) is 3.32. The van der Waals surface area contributed by atoms with Crippen LogP contribution in [0.1, 0.15) is 18.9 Å². The van der Waals surface area contributed by atoms with E-state index in [2.05, 4.69) is 29.9 Å². The van der Waals surface area contributed by atoms with Crippen LogP contribution in [0.15, 0.2) is 31.2 Å². The maximum atomic E-state index is 10.5. The van der Waals surface area contributed by atoms with Crippen LogP contribution in [0.25, 0.3) is 11.0 Å². The second-order valence-corrected chi connectivity index (χ2v) is 6.84. The van der Waals surface area contributed by atoms with Crippen LogP contribution < -0.4 is 4.90 Å². The highest BCUT2D eigenvalue weighted by atomic mass is 16.3. The zero-order valence-corrected chi connectivity index (χ0v) is 13.2. The van der Waals surface area contributed by atoms with Crippen molar-refractivity contribution in [2.75, 3.05) is 18.0 Å². The van der Waals surface area contributed by atoms with Crippen LogP contribution in [-0.2, 0) is 0 Å². The van der Waals surface area contributed by atoms with Gasteiger partial charge in [0.1, 0.15) is 30.4 Å². The van der Waals surface area contributed by atoms with Crippen LogP contribution >= 0.6 is 0 Å². The fraction of sp³-hybridized carbons (Fsp3) is 0.500. The Bertz CT molecular complexity index is 845. The van der Waals surface area contributed by atoms with Gasteiger partial charge in [-0.1, -0.05) is 0 Å². The summed E-state index contributed by atoms with van der Waals surface area (Å²) >= 11 is 0. The molecule has 2 aliphatic rings. The third kappa shape index (κ3) is 2.10. The third-order valence-electron chi connectivity index (χ3n) is 5.52. The first-order valence-corrected chi connectivity index (χ1v) is 8.35. The fourth-order valence-corrected chi connectivity index (χ4v) is 4.36. The van der Waals surface area contributed by atoms with E-state index in [-0.39, 0.29) is 12.1 Å². The molecule has 0 amide bonds. The molecule has 4 heterocycles. The Kier molecular flexibility index (Phi) is 3.05. The minimum atomic E-state index is -0.370. The number of aromatic amines is 1. The first kappa shape index (κ1) is 13.9. The zero-order chi connectivity index (χ0) is 16.1. The third-order valence-corrected chi connectivity index (χ3v) is 5.52. The molecule has 5 rings (SSSR count). The Morgan fingerprint density at radius 3 is 2.83 bits per heavy atom. The summed E-state index contributed by atoms with van der Waals surface area (Å²) in [7, 11) is 0. The molecular formula is C16H19N7O. The number of hydrogen-bond donors (Lipinski definition) is 2. The van der Waals surface area contributed by atoms with Gasteiger partial charge in [-0.2, -0.15) is 5.10 Å². The number of aliphatic hydroxyl groups excluding tert-OH is 1. The predicted molar refractivity (Wildman–Crippen MR) is 87.4 cm³/mol. The van der Waals surface area contributed by atoms with Crippen LogP contribution in [0.3, 0.4) is 0 Å². The number of nitrogens with zero attached hydrogens (tertiary/aromatic N) is 6. The maximum absolute atomic E-state index is 10.5. The van der Waals surface area contributed by atoms with Crippen molar-refractivity contribution >= 4 is 16.9 Å². The second-order valence-electron chi connectivity index (χ2n) is 6.84. The monoisotopic (exact) mass is 325 g/mol. The van der Waals surface area contributed by atoms with Gasteiger partial charge in [0.2, 0.25) is 0 Å². The Hall–Kier alpha value is -2.48. The molecule has 0 radical (unpaired) electrons. The lowest BCUT2D eigenvalue weighted by atomic mass is 9.77. The molecule has 1 saturated heterocycles. The second kappa shape index (κ2) is 5.27. The minimum absolute atomic E-state index is 0.0198. The molecule has 24 heavy (non-hydrogen) atoms. The Balaban J connectivity index is 1.41. The van der Waals surface area contributed by atoms with E-state index in [9.17, 15) is 5.11 Å². The van der Waals surface area contributed by atoms with E-state index in [4.69, 9.17) is 0 Å². The van der Waals surface area contributed by atoms with E-state index in [1.54, 1.807) is 17.3 Å². The lowest BCUT2D eigenvalue weighted by molar-refractivity contribution is 0.0305. The zero-order valence-electron chi connectivity index (χ0n) is 13.2. The summed E-state index contributed by atoms with van der Waals surface area (Å²) in [6, 6.07) is 2.05. The van der Waals surface area contributed by atoms with Gasteiger partial charge in [-0.25, -0.2) is 19.6 Å². The van der Waals surface area contributed by atoms with Gasteiger partial charge < -0.3 is 15.0 Å². The van der Waals surface area contributed by atoms with Gasteiger partial charge in [0.05, 0.1) is 17.5 Å². The number of hydrogen-bond acceptors (Lipinski definition) is 6. The molecular weight excluding hydrogens is 306 g/mol. The summed E-state index contributed by atoms with van der Waals surface area (Å²) in [4.78, 5) is 18.3. The highest BCUT2D eigenvalue weighted by Crippen LogP contribution is 2.42. The Labute approximate surface area is 138 Å².